The Morgan fingerprint density at radius 2 is 1.84 bits per heavy atom. The maximum atomic E-state index is 10.5. The van der Waals surface area contributed by atoms with E-state index in [9.17, 15) is 5.11 Å². The second kappa shape index (κ2) is 4.89. The lowest BCUT2D eigenvalue weighted by Crippen LogP contribution is -2.20. The Morgan fingerprint density at radius 3 is 2.64 bits per heavy atom. The first-order valence-corrected chi connectivity index (χ1v) is 8.03. The Balaban J connectivity index is 1.92. The summed E-state index contributed by atoms with van der Waals surface area (Å²) in [6, 6.07) is 9.99. The minimum atomic E-state index is 0.156. The lowest BCUT2D eigenvalue weighted by atomic mass is 10.0. The molecule has 0 aliphatic carbocycles. The van der Waals surface area contributed by atoms with Gasteiger partial charge in [0, 0.05) is 17.5 Å². The summed E-state index contributed by atoms with van der Waals surface area (Å²) in [6.45, 7) is 2.27. The van der Waals surface area contributed by atoms with Crippen LogP contribution < -0.4 is 18.6 Å². The maximum Gasteiger partial charge on any atom is 0.231 e. The lowest BCUT2D eigenvalue weighted by molar-refractivity contribution is -0.509. The summed E-state index contributed by atoms with van der Waals surface area (Å²) in [6.07, 6.45) is 3.91. The Hall–Kier alpha value is -3.21. The third kappa shape index (κ3) is 1.92. The van der Waals surface area contributed by atoms with Crippen LogP contribution in [-0.2, 0) is 0 Å². The van der Waals surface area contributed by atoms with Crippen molar-refractivity contribution in [1.82, 2.24) is 0 Å². The molecule has 25 heavy (non-hydrogen) atoms. The topological polar surface area (TPSA) is 52.0 Å². The predicted octanol–water partition coefficient (Wildman–Crippen LogP) is 3.48. The Labute approximate surface area is 143 Å². The van der Waals surface area contributed by atoms with Gasteiger partial charge < -0.3 is 19.3 Å². The number of hydrogen-bond donors (Lipinski definition) is 1. The molecule has 4 aromatic rings. The van der Waals surface area contributed by atoms with Gasteiger partial charge in [-0.05, 0) is 36.1 Å². The fourth-order valence-electron chi connectivity index (χ4n) is 3.53. The number of fused-ring (bicyclic) bond motifs is 5. The molecule has 5 rings (SSSR count). The first-order chi connectivity index (χ1) is 12.2. The fraction of sp³-hybridized carbons (Fsp3) is 0.150. The van der Waals surface area contributed by atoms with Crippen LogP contribution >= 0.6 is 0 Å². The van der Waals surface area contributed by atoms with Crippen LogP contribution in [0.3, 0.4) is 0 Å². The highest BCUT2D eigenvalue weighted by Gasteiger charge is 2.20. The van der Waals surface area contributed by atoms with Crippen LogP contribution in [0.1, 0.15) is 5.56 Å². The molecule has 2 aromatic heterocycles. The lowest BCUT2D eigenvalue weighted by Gasteiger charge is -2.09. The molecule has 1 aliphatic rings. The average Bonchev–Trinajstić information content (AvgIpc) is 3.09. The quantitative estimate of drug-likeness (QED) is 0.329. The number of nitrogens with zero attached hydrogens (tertiary/aromatic N) is 1. The van der Waals surface area contributed by atoms with Gasteiger partial charge in [-0.3, -0.25) is 0 Å². The summed E-state index contributed by atoms with van der Waals surface area (Å²) < 4.78 is 18.3. The molecule has 5 nitrogen and oxygen atoms in total. The molecule has 2 aromatic carbocycles. The predicted molar refractivity (Wildman–Crippen MR) is 93.7 cm³/mol. The van der Waals surface area contributed by atoms with Gasteiger partial charge >= 0.3 is 0 Å². The van der Waals surface area contributed by atoms with Gasteiger partial charge in [0.25, 0.3) is 0 Å². The highest BCUT2D eigenvalue weighted by atomic mass is 16.7. The number of methoxy groups -OCH3 is 1. The Kier molecular flexibility index (Phi) is 2.77. The molecule has 0 saturated carbocycles. The van der Waals surface area contributed by atoms with Crippen LogP contribution in [0.15, 0.2) is 42.7 Å². The molecule has 0 amide bonds. The van der Waals surface area contributed by atoms with E-state index in [0.717, 1.165) is 44.1 Å². The molecule has 0 saturated heterocycles. The zero-order chi connectivity index (χ0) is 17.1. The van der Waals surface area contributed by atoms with Crippen LogP contribution in [0.25, 0.3) is 27.1 Å². The van der Waals surface area contributed by atoms with Crippen molar-refractivity contribution in [3.8, 4) is 23.0 Å². The van der Waals surface area contributed by atoms with Gasteiger partial charge in [-0.25, -0.2) is 0 Å². The van der Waals surface area contributed by atoms with E-state index in [1.165, 1.54) is 0 Å². The smallest absolute Gasteiger partial charge is 0.231 e. The van der Waals surface area contributed by atoms with E-state index >= 15 is 0 Å². The second-order valence-corrected chi connectivity index (χ2v) is 6.25. The van der Waals surface area contributed by atoms with Crippen molar-refractivity contribution < 1.29 is 23.7 Å². The molecule has 0 fully saturated rings. The first kappa shape index (κ1) is 14.2. The summed E-state index contributed by atoms with van der Waals surface area (Å²) in [7, 11) is 1.56. The highest BCUT2D eigenvalue weighted by Crippen LogP contribution is 2.39. The van der Waals surface area contributed by atoms with Gasteiger partial charge in [0.05, 0.1) is 17.9 Å². The van der Waals surface area contributed by atoms with E-state index in [2.05, 4.69) is 6.07 Å². The fourth-order valence-corrected chi connectivity index (χ4v) is 3.53. The minimum absolute atomic E-state index is 0.156. The molecule has 0 spiro atoms. The number of benzene rings is 2. The number of hydrogen-bond acceptors (Lipinski definition) is 4. The van der Waals surface area contributed by atoms with Crippen molar-refractivity contribution in [2.45, 2.75) is 6.92 Å². The molecule has 0 bridgehead atoms. The molecule has 0 atom stereocenters. The number of phenolic OH excluding ortho intramolecular Hbond substituents is 1. The van der Waals surface area contributed by atoms with Crippen molar-refractivity contribution in [2.75, 3.05) is 13.9 Å². The Morgan fingerprint density at radius 1 is 1.04 bits per heavy atom. The van der Waals surface area contributed by atoms with Gasteiger partial charge in [0.2, 0.25) is 12.3 Å². The minimum Gasteiger partial charge on any atom is -0.504 e. The monoisotopic (exact) mass is 334 g/mol. The van der Waals surface area contributed by atoms with E-state index in [4.69, 9.17) is 14.2 Å². The van der Waals surface area contributed by atoms with E-state index in [-0.39, 0.29) is 12.5 Å². The number of pyridine rings is 2. The number of aromatic hydroxyl groups is 1. The van der Waals surface area contributed by atoms with Gasteiger partial charge in [-0.2, -0.15) is 4.40 Å². The van der Waals surface area contributed by atoms with Crippen molar-refractivity contribution >= 4 is 27.1 Å². The third-order valence-corrected chi connectivity index (χ3v) is 4.83. The second-order valence-electron chi connectivity index (χ2n) is 6.25. The van der Waals surface area contributed by atoms with Crippen LogP contribution in [-0.4, -0.2) is 19.0 Å². The summed E-state index contributed by atoms with van der Waals surface area (Å²) in [5.41, 5.74) is 2.08. The molecule has 5 heteroatoms. The number of aromatic nitrogens is 1. The molecule has 0 radical (unpaired) electrons. The number of rotatable bonds is 1. The number of aryl methyl sites for hydroxylation is 1. The summed E-state index contributed by atoms with van der Waals surface area (Å²) in [5.74, 6) is 2.17. The van der Waals surface area contributed by atoms with Crippen molar-refractivity contribution in [1.29, 1.82) is 0 Å². The SMILES string of the molecule is COc1cc(C)c2cc3c4cc5c(cc4cc[n+]3cc2c1O)OCO5. The van der Waals surface area contributed by atoms with Crippen LogP contribution in [0.4, 0.5) is 0 Å². The largest absolute Gasteiger partial charge is 0.504 e. The molecule has 124 valence electrons. The highest BCUT2D eigenvalue weighted by molar-refractivity contribution is 6.01. The summed E-state index contributed by atoms with van der Waals surface area (Å²) in [4.78, 5) is 0. The number of ether oxygens (including phenoxy) is 3. The molecule has 1 aliphatic heterocycles. The van der Waals surface area contributed by atoms with Gasteiger partial charge in [-0.15, -0.1) is 0 Å². The van der Waals surface area contributed by atoms with Gasteiger partial charge in [0.15, 0.2) is 35.4 Å². The molecule has 3 heterocycles. The molecule has 0 unspecified atom stereocenters. The summed E-state index contributed by atoms with van der Waals surface area (Å²) >= 11 is 0. The molecular formula is C20H16NO4+. The van der Waals surface area contributed by atoms with E-state index in [1.807, 2.05) is 48.0 Å². The van der Waals surface area contributed by atoms with Crippen molar-refractivity contribution in [3.63, 3.8) is 0 Å². The normalized spacial score (nSPS) is 13.0. The van der Waals surface area contributed by atoms with E-state index in [1.54, 1.807) is 7.11 Å². The van der Waals surface area contributed by atoms with Crippen LogP contribution in [0.2, 0.25) is 0 Å². The molecular weight excluding hydrogens is 318 g/mol. The zero-order valence-corrected chi connectivity index (χ0v) is 13.9. The van der Waals surface area contributed by atoms with Crippen molar-refractivity contribution in [3.05, 3.63) is 48.3 Å². The first-order valence-electron chi connectivity index (χ1n) is 8.03. The Bertz CT molecular complexity index is 1180. The third-order valence-electron chi connectivity index (χ3n) is 4.83. The van der Waals surface area contributed by atoms with E-state index in [0.29, 0.717) is 5.75 Å². The van der Waals surface area contributed by atoms with Gasteiger partial charge in [0.1, 0.15) is 0 Å². The summed E-state index contributed by atoms with van der Waals surface area (Å²) in [5, 5.41) is 14.4. The zero-order valence-electron chi connectivity index (χ0n) is 13.9. The number of phenols is 1. The molecule has 1 N–H and O–H groups in total. The van der Waals surface area contributed by atoms with Crippen molar-refractivity contribution in [2.24, 2.45) is 0 Å². The van der Waals surface area contributed by atoms with E-state index < -0.39 is 0 Å². The standard InChI is InChI=1S/C20H15NO4/c1-11-5-19(23-2)20(22)15-9-21-4-3-12-6-17-18(25-10-24-17)8-14(12)16(21)7-13(11)15/h3-9H,10H2,1-2H3/p+1. The van der Waals surface area contributed by atoms with Crippen LogP contribution in [0, 0.1) is 6.92 Å². The van der Waals surface area contributed by atoms with Crippen LogP contribution in [0.5, 0.6) is 23.0 Å². The average molecular weight is 334 g/mol. The maximum absolute atomic E-state index is 10.5. The van der Waals surface area contributed by atoms with Gasteiger partial charge in [-0.1, -0.05) is 0 Å².